The molecule has 2 aromatic rings. The lowest BCUT2D eigenvalue weighted by molar-refractivity contribution is 0.872. The van der Waals surface area contributed by atoms with Gasteiger partial charge in [0.15, 0.2) is 0 Å². The molecule has 74 valence electrons. The summed E-state index contributed by atoms with van der Waals surface area (Å²) in [4.78, 5) is 4.47. The number of hydrogen-bond donors (Lipinski definition) is 0. The molecule has 0 saturated carbocycles. The summed E-state index contributed by atoms with van der Waals surface area (Å²) in [5.41, 5.74) is 5.96. The first-order chi connectivity index (χ1) is 6.74. The lowest BCUT2D eigenvalue weighted by Crippen LogP contribution is -1.91. The number of benzene rings is 1. The Hall–Kier alpha value is -0.890. The summed E-state index contributed by atoms with van der Waals surface area (Å²) < 4.78 is 1.37. The monoisotopic (exact) mass is 205 g/mol. The molecule has 0 aliphatic heterocycles. The lowest BCUT2D eigenvalue weighted by Gasteiger charge is -2.08. The van der Waals surface area contributed by atoms with E-state index in [1.807, 2.05) is 5.51 Å². The van der Waals surface area contributed by atoms with E-state index in [0.29, 0.717) is 5.92 Å². The fourth-order valence-electron chi connectivity index (χ4n) is 1.77. The van der Waals surface area contributed by atoms with Crippen LogP contribution in [0.5, 0.6) is 0 Å². The summed E-state index contributed by atoms with van der Waals surface area (Å²) in [5, 5.41) is 0. The Kier molecular flexibility index (Phi) is 2.55. The van der Waals surface area contributed by atoms with Gasteiger partial charge in [-0.05, 0) is 23.5 Å². The minimum atomic E-state index is 0.561. The Balaban J connectivity index is 2.72. The minimum absolute atomic E-state index is 0.561. The molecule has 2 heteroatoms. The van der Waals surface area contributed by atoms with Crippen molar-refractivity contribution < 1.29 is 0 Å². The standard InChI is InChI=1S/C12H15NS/c1-4-9-5-6-10(8(2)3)11-12(9)14-7-13-11/h5-8H,4H2,1-3H3. The highest BCUT2D eigenvalue weighted by Gasteiger charge is 2.09. The van der Waals surface area contributed by atoms with Gasteiger partial charge in [0, 0.05) is 0 Å². The van der Waals surface area contributed by atoms with Gasteiger partial charge in [-0.1, -0.05) is 32.9 Å². The first-order valence-electron chi connectivity index (χ1n) is 5.09. The van der Waals surface area contributed by atoms with E-state index >= 15 is 0 Å². The van der Waals surface area contributed by atoms with E-state index < -0.39 is 0 Å². The molecule has 0 N–H and O–H groups in total. The smallest absolute Gasteiger partial charge is 0.0849 e. The zero-order chi connectivity index (χ0) is 10.1. The van der Waals surface area contributed by atoms with Crippen molar-refractivity contribution in [3.63, 3.8) is 0 Å². The van der Waals surface area contributed by atoms with Crippen LogP contribution >= 0.6 is 11.3 Å². The Morgan fingerprint density at radius 3 is 2.79 bits per heavy atom. The summed E-state index contributed by atoms with van der Waals surface area (Å²) in [5.74, 6) is 0.561. The molecule has 14 heavy (non-hydrogen) atoms. The molecule has 0 bridgehead atoms. The van der Waals surface area contributed by atoms with Gasteiger partial charge in [-0.3, -0.25) is 0 Å². The maximum absolute atomic E-state index is 4.47. The van der Waals surface area contributed by atoms with Crippen LogP contribution in [-0.4, -0.2) is 4.98 Å². The molecule has 1 heterocycles. The highest BCUT2D eigenvalue weighted by atomic mass is 32.1. The molecule has 0 fully saturated rings. The average molecular weight is 205 g/mol. The normalized spacial score (nSPS) is 11.4. The number of rotatable bonds is 2. The van der Waals surface area contributed by atoms with Crippen molar-refractivity contribution in [2.24, 2.45) is 0 Å². The third-order valence-electron chi connectivity index (χ3n) is 2.60. The van der Waals surface area contributed by atoms with Crippen molar-refractivity contribution >= 4 is 21.6 Å². The van der Waals surface area contributed by atoms with E-state index in [0.717, 1.165) is 6.42 Å². The van der Waals surface area contributed by atoms with Gasteiger partial charge in [-0.15, -0.1) is 11.3 Å². The number of hydrogen-bond acceptors (Lipinski definition) is 2. The number of aromatic nitrogens is 1. The van der Waals surface area contributed by atoms with Crippen LogP contribution in [0.3, 0.4) is 0 Å². The maximum Gasteiger partial charge on any atom is 0.0849 e. The summed E-state index contributed by atoms with van der Waals surface area (Å²) in [6.07, 6.45) is 1.09. The number of nitrogens with zero attached hydrogens (tertiary/aromatic N) is 1. The molecule has 0 aliphatic rings. The summed E-state index contributed by atoms with van der Waals surface area (Å²) in [7, 11) is 0. The number of thiazole rings is 1. The molecule has 0 radical (unpaired) electrons. The molecular formula is C12H15NS. The van der Waals surface area contributed by atoms with Gasteiger partial charge < -0.3 is 0 Å². The van der Waals surface area contributed by atoms with E-state index in [9.17, 15) is 0 Å². The van der Waals surface area contributed by atoms with Crippen molar-refractivity contribution in [1.82, 2.24) is 4.98 Å². The second-order valence-corrected chi connectivity index (χ2v) is 4.71. The van der Waals surface area contributed by atoms with Crippen LogP contribution in [0, 0.1) is 0 Å². The Morgan fingerprint density at radius 1 is 1.36 bits per heavy atom. The van der Waals surface area contributed by atoms with E-state index in [1.54, 1.807) is 11.3 Å². The van der Waals surface area contributed by atoms with Gasteiger partial charge in [0.05, 0.1) is 15.7 Å². The molecule has 0 spiro atoms. The zero-order valence-electron chi connectivity index (χ0n) is 8.87. The molecule has 0 aliphatic carbocycles. The van der Waals surface area contributed by atoms with Crippen molar-refractivity contribution in [1.29, 1.82) is 0 Å². The number of fused-ring (bicyclic) bond motifs is 1. The van der Waals surface area contributed by atoms with E-state index in [4.69, 9.17) is 0 Å². The average Bonchev–Trinajstić information content (AvgIpc) is 2.64. The van der Waals surface area contributed by atoms with Crippen LogP contribution in [-0.2, 0) is 6.42 Å². The predicted octanol–water partition coefficient (Wildman–Crippen LogP) is 3.98. The van der Waals surface area contributed by atoms with Gasteiger partial charge in [0.25, 0.3) is 0 Å². The van der Waals surface area contributed by atoms with E-state index in [-0.39, 0.29) is 0 Å². The zero-order valence-corrected chi connectivity index (χ0v) is 9.69. The van der Waals surface area contributed by atoms with Crippen molar-refractivity contribution in [2.45, 2.75) is 33.1 Å². The van der Waals surface area contributed by atoms with Crippen molar-refractivity contribution in [3.05, 3.63) is 28.8 Å². The highest BCUT2D eigenvalue weighted by molar-refractivity contribution is 7.17. The molecular weight excluding hydrogens is 190 g/mol. The summed E-state index contributed by atoms with van der Waals surface area (Å²) in [6, 6.07) is 4.47. The quantitative estimate of drug-likeness (QED) is 0.722. The minimum Gasteiger partial charge on any atom is -0.244 e. The van der Waals surface area contributed by atoms with Gasteiger partial charge in [-0.25, -0.2) is 4.98 Å². The third-order valence-corrected chi connectivity index (χ3v) is 3.50. The van der Waals surface area contributed by atoms with Crippen molar-refractivity contribution in [2.75, 3.05) is 0 Å². The molecule has 0 amide bonds. The third kappa shape index (κ3) is 1.44. The topological polar surface area (TPSA) is 12.9 Å². The fourth-order valence-corrected chi connectivity index (χ4v) is 2.68. The summed E-state index contributed by atoms with van der Waals surface area (Å²) in [6.45, 7) is 6.64. The SMILES string of the molecule is CCc1ccc(C(C)C)c2ncsc12. The van der Waals surface area contributed by atoms with Crippen LogP contribution in [0.15, 0.2) is 17.6 Å². The fraction of sp³-hybridized carbons (Fsp3) is 0.417. The molecule has 1 aromatic carbocycles. The second-order valence-electron chi connectivity index (χ2n) is 3.85. The van der Waals surface area contributed by atoms with Gasteiger partial charge in [0.2, 0.25) is 0 Å². The molecule has 0 saturated heterocycles. The molecule has 1 nitrogen and oxygen atoms in total. The van der Waals surface area contributed by atoms with Crippen LogP contribution in [0.4, 0.5) is 0 Å². The molecule has 2 rings (SSSR count). The Morgan fingerprint density at radius 2 is 2.14 bits per heavy atom. The second kappa shape index (κ2) is 3.70. The van der Waals surface area contributed by atoms with Crippen molar-refractivity contribution in [3.8, 4) is 0 Å². The van der Waals surface area contributed by atoms with Gasteiger partial charge >= 0.3 is 0 Å². The Bertz CT molecular complexity index is 443. The van der Waals surface area contributed by atoms with E-state index in [1.165, 1.54) is 21.3 Å². The van der Waals surface area contributed by atoms with E-state index in [2.05, 4.69) is 37.9 Å². The summed E-state index contributed by atoms with van der Waals surface area (Å²) >= 11 is 1.76. The van der Waals surface area contributed by atoms with Crippen LogP contribution in [0.1, 0.15) is 37.8 Å². The maximum atomic E-state index is 4.47. The van der Waals surface area contributed by atoms with Crippen LogP contribution in [0.2, 0.25) is 0 Å². The van der Waals surface area contributed by atoms with Crippen LogP contribution in [0.25, 0.3) is 10.2 Å². The molecule has 1 aromatic heterocycles. The van der Waals surface area contributed by atoms with Gasteiger partial charge in [0.1, 0.15) is 0 Å². The highest BCUT2D eigenvalue weighted by Crippen LogP contribution is 2.29. The largest absolute Gasteiger partial charge is 0.244 e. The molecule has 0 unspecified atom stereocenters. The van der Waals surface area contributed by atoms with Gasteiger partial charge in [-0.2, -0.15) is 0 Å². The molecule has 0 atom stereocenters. The Labute approximate surface area is 88.8 Å². The first-order valence-corrected chi connectivity index (χ1v) is 5.97. The number of aryl methyl sites for hydroxylation is 1. The predicted molar refractivity (Wildman–Crippen MR) is 63.1 cm³/mol. The van der Waals surface area contributed by atoms with Crippen LogP contribution < -0.4 is 0 Å². The lowest BCUT2D eigenvalue weighted by atomic mass is 9.99. The first kappa shape index (κ1) is 9.66.